The van der Waals surface area contributed by atoms with Crippen LogP contribution in [0.3, 0.4) is 0 Å². The van der Waals surface area contributed by atoms with E-state index < -0.39 is 0 Å². The molecule has 0 aliphatic heterocycles. The lowest BCUT2D eigenvalue weighted by Gasteiger charge is -2.01. The molecule has 0 amide bonds. The number of fused-ring (bicyclic) bond motifs is 2. The first-order valence-corrected chi connectivity index (χ1v) is 8.58. The Morgan fingerprint density at radius 1 is 1.20 bits per heavy atom. The largest absolute Gasteiger partial charge is 0.497 e. The second-order valence-electron chi connectivity index (χ2n) is 5.77. The Morgan fingerprint density at radius 3 is 2.88 bits per heavy atom. The van der Waals surface area contributed by atoms with Crippen LogP contribution in [-0.2, 0) is 7.05 Å². The van der Waals surface area contributed by atoms with Crippen LogP contribution in [0.15, 0.2) is 53.4 Å². The van der Waals surface area contributed by atoms with Gasteiger partial charge < -0.3 is 13.7 Å². The average Bonchev–Trinajstić information content (AvgIpc) is 3.36. The number of hydrogen-bond acceptors (Lipinski definition) is 5. The van der Waals surface area contributed by atoms with Crippen LogP contribution in [0.5, 0.6) is 5.75 Å². The van der Waals surface area contributed by atoms with Crippen LogP contribution >= 0.6 is 11.3 Å². The number of imidazole rings is 1. The number of aromatic nitrogens is 4. The topological polar surface area (TPSA) is 57.5 Å². The predicted molar refractivity (Wildman–Crippen MR) is 97.0 cm³/mol. The highest BCUT2D eigenvalue weighted by Gasteiger charge is 2.16. The molecule has 4 aromatic heterocycles. The summed E-state index contributed by atoms with van der Waals surface area (Å²) < 4.78 is 14.7. The zero-order chi connectivity index (χ0) is 17.0. The standard InChI is InChI=1S/C18H14N4O2S/c1-21-9-13(12-8-11(23-2)5-6-15(12)21)17-20-22-10-14(19-18(22)25-17)16-4-3-7-24-16/h3-10H,1-2H3. The maximum atomic E-state index is 5.40. The molecule has 0 fully saturated rings. The van der Waals surface area contributed by atoms with E-state index in [1.165, 1.54) is 0 Å². The van der Waals surface area contributed by atoms with Gasteiger partial charge in [-0.3, -0.25) is 0 Å². The Labute approximate surface area is 146 Å². The van der Waals surface area contributed by atoms with Gasteiger partial charge in [-0.2, -0.15) is 5.10 Å². The van der Waals surface area contributed by atoms with E-state index in [9.17, 15) is 0 Å². The fourth-order valence-corrected chi connectivity index (χ4v) is 3.93. The van der Waals surface area contributed by atoms with Gasteiger partial charge in [-0.15, -0.1) is 0 Å². The van der Waals surface area contributed by atoms with Gasteiger partial charge in [0.05, 0.1) is 19.6 Å². The normalized spacial score (nSPS) is 11.6. The molecule has 0 radical (unpaired) electrons. The van der Waals surface area contributed by atoms with Crippen molar-refractivity contribution in [3.05, 3.63) is 49.0 Å². The molecule has 6 nitrogen and oxygen atoms in total. The van der Waals surface area contributed by atoms with E-state index in [2.05, 4.69) is 21.8 Å². The fraction of sp³-hybridized carbons (Fsp3) is 0.111. The summed E-state index contributed by atoms with van der Waals surface area (Å²) in [6.07, 6.45) is 5.63. The van der Waals surface area contributed by atoms with Gasteiger partial charge in [-0.05, 0) is 30.3 Å². The van der Waals surface area contributed by atoms with Crippen molar-refractivity contribution in [2.24, 2.45) is 7.05 Å². The molecule has 0 saturated carbocycles. The molecule has 0 bridgehead atoms. The highest BCUT2D eigenvalue weighted by atomic mass is 32.1. The second kappa shape index (κ2) is 5.22. The van der Waals surface area contributed by atoms with Crippen molar-refractivity contribution < 1.29 is 9.15 Å². The minimum absolute atomic E-state index is 0.745. The third-order valence-corrected chi connectivity index (χ3v) is 5.20. The summed E-state index contributed by atoms with van der Waals surface area (Å²) in [4.78, 5) is 5.45. The quantitative estimate of drug-likeness (QED) is 0.489. The molecule has 124 valence electrons. The molecule has 0 aliphatic rings. The molecule has 0 atom stereocenters. The van der Waals surface area contributed by atoms with Crippen LogP contribution in [0.1, 0.15) is 0 Å². The highest BCUT2D eigenvalue weighted by molar-refractivity contribution is 7.20. The Kier molecular flexibility index (Phi) is 2.98. The average molecular weight is 350 g/mol. The first-order chi connectivity index (χ1) is 12.2. The Bertz CT molecular complexity index is 1170. The van der Waals surface area contributed by atoms with Crippen LogP contribution in [-0.4, -0.2) is 26.3 Å². The fourth-order valence-electron chi connectivity index (χ4n) is 3.02. The third-order valence-electron chi connectivity index (χ3n) is 4.24. The lowest BCUT2D eigenvalue weighted by molar-refractivity contribution is 0.415. The van der Waals surface area contributed by atoms with E-state index >= 15 is 0 Å². The van der Waals surface area contributed by atoms with Crippen LogP contribution in [0.4, 0.5) is 0 Å². The summed E-state index contributed by atoms with van der Waals surface area (Å²) in [6.45, 7) is 0. The number of methoxy groups -OCH3 is 1. The lowest BCUT2D eigenvalue weighted by Crippen LogP contribution is -1.85. The minimum atomic E-state index is 0.745. The van der Waals surface area contributed by atoms with Crippen LogP contribution in [0.25, 0.3) is 37.9 Å². The number of nitrogens with zero attached hydrogens (tertiary/aromatic N) is 4. The van der Waals surface area contributed by atoms with Gasteiger partial charge in [-0.25, -0.2) is 9.50 Å². The van der Waals surface area contributed by atoms with Gasteiger partial charge in [-0.1, -0.05) is 11.3 Å². The molecular weight excluding hydrogens is 336 g/mol. The predicted octanol–water partition coefficient (Wildman–Crippen LogP) is 4.22. The Morgan fingerprint density at radius 2 is 2.12 bits per heavy atom. The second-order valence-corrected chi connectivity index (χ2v) is 6.73. The van der Waals surface area contributed by atoms with Gasteiger partial charge in [0.15, 0.2) is 5.76 Å². The summed E-state index contributed by atoms with van der Waals surface area (Å²) in [7, 11) is 3.71. The van der Waals surface area contributed by atoms with Crippen LogP contribution in [0.2, 0.25) is 0 Å². The number of aryl methyl sites for hydroxylation is 1. The van der Waals surface area contributed by atoms with E-state index in [4.69, 9.17) is 14.3 Å². The molecule has 0 spiro atoms. The zero-order valence-corrected chi connectivity index (χ0v) is 14.4. The number of benzene rings is 1. The SMILES string of the molecule is COc1ccc2c(c1)c(-c1nn3cc(-c4ccco4)nc3s1)cn2C. The molecule has 7 heteroatoms. The smallest absolute Gasteiger partial charge is 0.213 e. The van der Waals surface area contributed by atoms with Gasteiger partial charge in [0, 0.05) is 29.7 Å². The van der Waals surface area contributed by atoms with Gasteiger partial charge in [0.2, 0.25) is 4.96 Å². The summed E-state index contributed by atoms with van der Waals surface area (Å²) in [6, 6.07) is 9.82. The third kappa shape index (κ3) is 2.16. The molecule has 5 aromatic rings. The van der Waals surface area contributed by atoms with E-state index in [0.717, 1.165) is 43.6 Å². The number of hydrogen-bond donors (Lipinski definition) is 0. The lowest BCUT2D eigenvalue weighted by atomic mass is 10.2. The molecule has 1 aromatic carbocycles. The van der Waals surface area contributed by atoms with Crippen molar-refractivity contribution >= 4 is 27.2 Å². The van der Waals surface area contributed by atoms with Crippen molar-refractivity contribution in [2.45, 2.75) is 0 Å². The number of furan rings is 1. The van der Waals surface area contributed by atoms with E-state index in [1.807, 2.05) is 37.5 Å². The zero-order valence-electron chi connectivity index (χ0n) is 13.6. The summed E-state index contributed by atoms with van der Waals surface area (Å²) in [5.74, 6) is 1.58. The molecule has 0 unspecified atom stereocenters. The Hall–Kier alpha value is -3.06. The van der Waals surface area contributed by atoms with Gasteiger partial charge in [0.1, 0.15) is 16.5 Å². The number of rotatable bonds is 3. The van der Waals surface area contributed by atoms with Crippen molar-refractivity contribution in [3.63, 3.8) is 0 Å². The summed E-state index contributed by atoms with van der Waals surface area (Å²) >= 11 is 1.56. The van der Waals surface area contributed by atoms with Crippen molar-refractivity contribution in [1.29, 1.82) is 0 Å². The van der Waals surface area contributed by atoms with Crippen molar-refractivity contribution in [2.75, 3.05) is 7.11 Å². The van der Waals surface area contributed by atoms with Gasteiger partial charge in [0.25, 0.3) is 0 Å². The first-order valence-electron chi connectivity index (χ1n) is 7.76. The van der Waals surface area contributed by atoms with Gasteiger partial charge >= 0.3 is 0 Å². The van der Waals surface area contributed by atoms with E-state index in [-0.39, 0.29) is 0 Å². The molecule has 25 heavy (non-hydrogen) atoms. The Balaban J connectivity index is 1.65. The maximum Gasteiger partial charge on any atom is 0.213 e. The molecule has 0 N–H and O–H groups in total. The summed E-state index contributed by atoms with van der Waals surface area (Å²) in [5.41, 5.74) is 3.00. The van der Waals surface area contributed by atoms with E-state index in [0.29, 0.717) is 0 Å². The minimum Gasteiger partial charge on any atom is -0.497 e. The van der Waals surface area contributed by atoms with Crippen molar-refractivity contribution in [1.82, 2.24) is 19.2 Å². The van der Waals surface area contributed by atoms with Crippen molar-refractivity contribution in [3.8, 4) is 27.8 Å². The molecule has 4 heterocycles. The summed E-state index contributed by atoms with van der Waals surface area (Å²) in [5, 5.41) is 6.75. The number of ether oxygens (including phenoxy) is 1. The molecular formula is C18H14N4O2S. The first kappa shape index (κ1) is 14.3. The van der Waals surface area contributed by atoms with Crippen LogP contribution in [0, 0.1) is 0 Å². The van der Waals surface area contributed by atoms with E-state index in [1.54, 1.807) is 29.2 Å². The monoisotopic (exact) mass is 350 g/mol. The highest BCUT2D eigenvalue weighted by Crippen LogP contribution is 2.35. The molecule has 5 rings (SSSR count). The molecule has 0 aliphatic carbocycles. The molecule has 0 saturated heterocycles. The van der Waals surface area contributed by atoms with Crippen LogP contribution < -0.4 is 4.74 Å². The maximum absolute atomic E-state index is 5.40.